The van der Waals surface area contributed by atoms with Gasteiger partial charge in [-0.05, 0) is 57.9 Å². The highest BCUT2D eigenvalue weighted by Crippen LogP contribution is 2.24. The second kappa shape index (κ2) is 10.9. The first-order chi connectivity index (χ1) is 15.6. The Morgan fingerprint density at radius 1 is 1.09 bits per heavy atom. The lowest BCUT2D eigenvalue weighted by Crippen LogP contribution is -2.45. The summed E-state index contributed by atoms with van der Waals surface area (Å²) in [6.45, 7) is 5.37. The molecule has 2 fully saturated rings. The summed E-state index contributed by atoms with van der Waals surface area (Å²) in [5.74, 6) is 1.05. The Balaban J connectivity index is 1.27. The van der Waals surface area contributed by atoms with Crippen molar-refractivity contribution in [3.63, 3.8) is 0 Å². The molecule has 0 spiro atoms. The van der Waals surface area contributed by atoms with Crippen LogP contribution >= 0.6 is 0 Å². The van der Waals surface area contributed by atoms with Crippen molar-refractivity contribution in [2.75, 3.05) is 38.1 Å². The van der Waals surface area contributed by atoms with E-state index in [0.717, 1.165) is 49.6 Å². The quantitative estimate of drug-likeness (QED) is 0.711. The minimum absolute atomic E-state index is 0.0157. The number of carbonyl (C=O) groups is 1. The first-order valence-electron chi connectivity index (χ1n) is 12.2. The Bertz CT molecular complexity index is 878. The molecule has 6 nitrogen and oxygen atoms in total. The van der Waals surface area contributed by atoms with Gasteiger partial charge < -0.3 is 15.1 Å². The summed E-state index contributed by atoms with van der Waals surface area (Å²) in [7, 11) is 2.20. The summed E-state index contributed by atoms with van der Waals surface area (Å²) in [4.78, 5) is 17.4. The van der Waals surface area contributed by atoms with Crippen LogP contribution in [0, 0.1) is 12.8 Å². The molecule has 6 heteroatoms. The second-order valence-electron chi connectivity index (χ2n) is 9.49. The van der Waals surface area contributed by atoms with Gasteiger partial charge in [0.2, 0.25) is 5.91 Å². The predicted molar refractivity (Wildman–Crippen MR) is 130 cm³/mol. The van der Waals surface area contributed by atoms with Gasteiger partial charge in [-0.2, -0.15) is 0 Å². The van der Waals surface area contributed by atoms with Gasteiger partial charge in [0.15, 0.2) is 5.82 Å². The largest absolute Gasteiger partial charge is 0.355 e. The zero-order chi connectivity index (χ0) is 22.3. The van der Waals surface area contributed by atoms with E-state index in [2.05, 4.69) is 57.5 Å². The van der Waals surface area contributed by atoms with Crippen LogP contribution in [0.1, 0.15) is 50.5 Å². The van der Waals surface area contributed by atoms with Crippen LogP contribution in [0.15, 0.2) is 36.4 Å². The number of rotatable bonds is 7. The topological polar surface area (TPSA) is 61.4 Å². The molecule has 0 unspecified atom stereocenters. The lowest BCUT2D eigenvalue weighted by atomic mass is 9.94. The van der Waals surface area contributed by atoms with Crippen molar-refractivity contribution in [1.82, 2.24) is 20.4 Å². The molecule has 1 aliphatic carbocycles. The van der Waals surface area contributed by atoms with E-state index < -0.39 is 0 Å². The van der Waals surface area contributed by atoms with Crippen molar-refractivity contribution in [1.29, 1.82) is 0 Å². The van der Waals surface area contributed by atoms with E-state index in [1.54, 1.807) is 0 Å². The molecule has 1 aromatic heterocycles. The molecule has 1 saturated carbocycles. The summed E-state index contributed by atoms with van der Waals surface area (Å²) in [5, 5.41) is 12.1. The van der Waals surface area contributed by atoms with Crippen LogP contribution in [0.3, 0.4) is 0 Å². The smallest absolute Gasteiger partial charge is 0.224 e. The number of likely N-dealkylation sites (N-methyl/N-ethyl adjacent to an activating group) is 1. The van der Waals surface area contributed by atoms with Gasteiger partial charge in [0.1, 0.15) is 0 Å². The van der Waals surface area contributed by atoms with E-state index in [9.17, 15) is 4.79 Å². The average Bonchev–Trinajstić information content (AvgIpc) is 2.84. The van der Waals surface area contributed by atoms with Gasteiger partial charge in [0, 0.05) is 37.8 Å². The maximum Gasteiger partial charge on any atom is 0.224 e. The van der Waals surface area contributed by atoms with Crippen LogP contribution in [-0.2, 0) is 4.79 Å². The molecule has 2 heterocycles. The molecule has 1 aromatic carbocycles. The van der Waals surface area contributed by atoms with E-state index in [4.69, 9.17) is 0 Å². The Morgan fingerprint density at radius 3 is 2.69 bits per heavy atom. The predicted octanol–water partition coefficient (Wildman–Crippen LogP) is 4.05. The number of nitrogens with one attached hydrogen (secondary N) is 1. The van der Waals surface area contributed by atoms with Crippen LogP contribution in [-0.4, -0.2) is 60.3 Å². The van der Waals surface area contributed by atoms with Crippen molar-refractivity contribution in [3.05, 3.63) is 42.0 Å². The number of carbonyl (C=O) groups excluding carboxylic acids is 1. The van der Waals surface area contributed by atoms with Crippen molar-refractivity contribution in [3.8, 4) is 11.3 Å². The normalized spacial score (nSPS) is 19.8. The van der Waals surface area contributed by atoms with E-state index in [1.807, 2.05) is 18.2 Å². The van der Waals surface area contributed by atoms with Gasteiger partial charge in [0.25, 0.3) is 0 Å². The number of hydrogen-bond donors (Lipinski definition) is 1. The zero-order valence-corrected chi connectivity index (χ0v) is 19.6. The number of aryl methyl sites for hydroxylation is 1. The maximum atomic E-state index is 12.8. The van der Waals surface area contributed by atoms with Gasteiger partial charge in [0.05, 0.1) is 11.6 Å². The van der Waals surface area contributed by atoms with Crippen molar-refractivity contribution >= 4 is 11.7 Å². The summed E-state index contributed by atoms with van der Waals surface area (Å²) in [6.07, 6.45) is 8.59. The molecule has 2 aliphatic rings. The van der Waals surface area contributed by atoms with E-state index >= 15 is 0 Å². The fourth-order valence-corrected chi connectivity index (χ4v) is 5.06. The molecule has 2 aromatic rings. The lowest BCUT2D eigenvalue weighted by Gasteiger charge is -2.33. The minimum Gasteiger partial charge on any atom is -0.355 e. The number of benzene rings is 1. The highest BCUT2D eigenvalue weighted by molar-refractivity contribution is 5.79. The van der Waals surface area contributed by atoms with Crippen LogP contribution in [0.2, 0.25) is 0 Å². The lowest BCUT2D eigenvalue weighted by molar-refractivity contribution is -0.125. The Morgan fingerprint density at radius 2 is 1.94 bits per heavy atom. The fraction of sp³-hybridized carbons (Fsp3) is 0.577. The average molecular weight is 436 g/mol. The Kier molecular flexibility index (Phi) is 7.74. The first kappa shape index (κ1) is 22.7. The van der Waals surface area contributed by atoms with Crippen molar-refractivity contribution in [2.45, 2.75) is 57.9 Å². The Hall–Kier alpha value is -2.47. The summed E-state index contributed by atoms with van der Waals surface area (Å²) in [5.41, 5.74) is 3.17. The molecular formula is C26H37N5O. The Labute approximate surface area is 192 Å². The molecule has 172 valence electrons. The third kappa shape index (κ3) is 5.85. The standard InChI is InChI=1S/C26H37N5O/c1-20-8-6-9-21(18-20)24-13-14-25(29-28-24)31-16-7-10-22(19-31)26(32)27-15-17-30(2)23-11-4-3-5-12-23/h6,8-9,13-14,18,22-23H,3-5,7,10-12,15-17,19H2,1-2H3,(H,27,32)/t22-/m0/s1. The van der Waals surface area contributed by atoms with Crippen LogP contribution in [0.25, 0.3) is 11.3 Å². The zero-order valence-electron chi connectivity index (χ0n) is 19.6. The molecule has 0 radical (unpaired) electrons. The number of hydrogen-bond acceptors (Lipinski definition) is 5. The van der Waals surface area contributed by atoms with Gasteiger partial charge in [-0.15, -0.1) is 10.2 Å². The second-order valence-corrected chi connectivity index (χ2v) is 9.49. The van der Waals surface area contributed by atoms with E-state index in [-0.39, 0.29) is 11.8 Å². The number of anilines is 1. The fourth-order valence-electron chi connectivity index (χ4n) is 5.06. The van der Waals surface area contributed by atoms with E-state index in [0.29, 0.717) is 12.6 Å². The van der Waals surface area contributed by atoms with Crippen molar-refractivity contribution in [2.24, 2.45) is 5.92 Å². The molecule has 1 N–H and O–H groups in total. The number of nitrogens with zero attached hydrogens (tertiary/aromatic N) is 4. The monoisotopic (exact) mass is 435 g/mol. The third-order valence-corrected chi connectivity index (χ3v) is 7.04. The molecule has 1 atom stereocenters. The summed E-state index contributed by atoms with van der Waals surface area (Å²) in [6, 6.07) is 13.1. The molecular weight excluding hydrogens is 398 g/mol. The molecule has 0 bridgehead atoms. The van der Waals surface area contributed by atoms with E-state index in [1.165, 1.54) is 37.7 Å². The number of amides is 1. The molecule has 4 rings (SSSR count). The number of aromatic nitrogens is 2. The SMILES string of the molecule is Cc1cccc(-c2ccc(N3CCC[C@H](C(=O)NCCN(C)C4CCCCC4)C3)nn2)c1. The molecule has 1 saturated heterocycles. The molecule has 32 heavy (non-hydrogen) atoms. The van der Waals surface area contributed by atoms with Crippen LogP contribution in [0.4, 0.5) is 5.82 Å². The van der Waals surface area contributed by atoms with Crippen LogP contribution in [0.5, 0.6) is 0 Å². The van der Waals surface area contributed by atoms with Crippen molar-refractivity contribution < 1.29 is 4.79 Å². The highest BCUT2D eigenvalue weighted by Gasteiger charge is 2.27. The van der Waals surface area contributed by atoms with Gasteiger partial charge in [-0.25, -0.2) is 0 Å². The third-order valence-electron chi connectivity index (χ3n) is 7.04. The maximum absolute atomic E-state index is 12.8. The minimum atomic E-state index is 0.0157. The summed E-state index contributed by atoms with van der Waals surface area (Å²) >= 11 is 0. The highest BCUT2D eigenvalue weighted by atomic mass is 16.1. The molecule has 1 amide bonds. The molecule has 1 aliphatic heterocycles. The summed E-state index contributed by atoms with van der Waals surface area (Å²) < 4.78 is 0. The van der Waals surface area contributed by atoms with Gasteiger partial charge in [-0.3, -0.25) is 4.79 Å². The van der Waals surface area contributed by atoms with Gasteiger partial charge in [-0.1, -0.05) is 43.0 Å². The van der Waals surface area contributed by atoms with Crippen LogP contribution < -0.4 is 10.2 Å². The number of piperidine rings is 1. The first-order valence-corrected chi connectivity index (χ1v) is 12.2. The van der Waals surface area contributed by atoms with Gasteiger partial charge >= 0.3 is 0 Å².